The zero-order valence-corrected chi connectivity index (χ0v) is 39.4. The summed E-state index contributed by atoms with van der Waals surface area (Å²) in [6, 6.07) is 23.4. The molecule has 342 valence electrons. The van der Waals surface area contributed by atoms with Crippen LogP contribution < -0.4 is 21.3 Å². The highest BCUT2D eigenvalue weighted by molar-refractivity contribution is 6.33. The lowest BCUT2D eigenvalue weighted by atomic mass is 10.0. The number of rotatable bonds is 20. The van der Waals surface area contributed by atoms with Gasteiger partial charge in [0.25, 0.3) is 23.6 Å². The Bertz CT molecular complexity index is 2680. The number of anilines is 4. The Kier molecular flexibility index (Phi) is 18.6. The number of halogens is 4. The van der Waals surface area contributed by atoms with Crippen LogP contribution in [0, 0.1) is 0 Å². The quantitative estimate of drug-likeness (QED) is 0.0340. The maximum Gasteiger partial charge on any atom is 0.258 e. The minimum Gasteiger partial charge on any atom is -0.324 e. The van der Waals surface area contributed by atoms with Gasteiger partial charge in [0.05, 0.1) is 10.0 Å². The van der Waals surface area contributed by atoms with Crippen LogP contribution in [-0.4, -0.2) is 59.0 Å². The zero-order chi connectivity index (χ0) is 47.9. The molecule has 66 heavy (non-hydrogen) atoms. The molecule has 0 saturated heterocycles. The van der Waals surface area contributed by atoms with Gasteiger partial charge in [-0.05, 0) is 135 Å². The van der Waals surface area contributed by atoms with E-state index in [0.717, 1.165) is 11.1 Å². The van der Waals surface area contributed by atoms with Crippen molar-refractivity contribution in [3.63, 3.8) is 0 Å². The molecule has 5 aromatic rings. The summed E-state index contributed by atoms with van der Waals surface area (Å²) in [4.78, 5) is 79.0. The van der Waals surface area contributed by atoms with Crippen molar-refractivity contribution in [1.82, 2.24) is 0 Å². The number of alkyl halides is 2. The molecule has 0 radical (unpaired) electrons. The number of Topliss-reactive ketones (excluding diaryl/α,β-unsaturated/α-hetero) is 2. The van der Waals surface area contributed by atoms with Crippen LogP contribution in [0.25, 0.3) is 0 Å². The molecule has 0 fully saturated rings. The summed E-state index contributed by atoms with van der Waals surface area (Å²) in [5, 5.41) is 27.7. The molecule has 5 aromatic carbocycles. The Balaban J connectivity index is 1.30. The molecule has 4 amide bonds. The van der Waals surface area contributed by atoms with Crippen LogP contribution in [0.3, 0.4) is 0 Å². The molecular weight excluding hydrogens is 926 g/mol. The lowest BCUT2D eigenvalue weighted by molar-refractivity contribution is -0.127. The van der Waals surface area contributed by atoms with Gasteiger partial charge in [0.15, 0.2) is 11.6 Å². The van der Waals surface area contributed by atoms with Crippen molar-refractivity contribution in [2.75, 3.05) is 33.0 Å². The molecule has 0 heterocycles. The van der Waals surface area contributed by atoms with E-state index in [4.69, 9.17) is 46.4 Å². The normalized spacial score (nSPS) is 12.1. The molecule has 0 aliphatic carbocycles. The summed E-state index contributed by atoms with van der Waals surface area (Å²) in [7, 11) is 0. The van der Waals surface area contributed by atoms with Crippen molar-refractivity contribution in [3.8, 4) is 0 Å². The number of benzene rings is 5. The van der Waals surface area contributed by atoms with Gasteiger partial charge >= 0.3 is 0 Å². The van der Waals surface area contributed by atoms with E-state index in [1.54, 1.807) is 24.3 Å². The Morgan fingerprint density at radius 1 is 0.530 bits per heavy atom. The van der Waals surface area contributed by atoms with Crippen LogP contribution >= 0.6 is 46.4 Å². The van der Waals surface area contributed by atoms with Gasteiger partial charge in [-0.1, -0.05) is 61.3 Å². The third-order valence-corrected chi connectivity index (χ3v) is 11.0. The summed E-state index contributed by atoms with van der Waals surface area (Å²) < 4.78 is 0. The molecule has 2 unspecified atom stereocenters. The number of ketones is 2. The van der Waals surface area contributed by atoms with Gasteiger partial charge in [-0.2, -0.15) is 20.5 Å². The molecule has 0 aliphatic rings. The molecule has 4 N–H and O–H groups in total. The van der Waals surface area contributed by atoms with E-state index in [-0.39, 0.29) is 32.5 Å². The summed E-state index contributed by atoms with van der Waals surface area (Å²) in [5.41, 5.74) is 5.50. The molecule has 5 rings (SSSR count). The van der Waals surface area contributed by atoms with E-state index >= 15 is 0 Å². The largest absolute Gasteiger partial charge is 0.324 e. The highest BCUT2D eigenvalue weighted by atomic mass is 35.5. The molecule has 0 aromatic heterocycles. The summed E-state index contributed by atoms with van der Waals surface area (Å²) in [6.07, 6.45) is 2.04. The van der Waals surface area contributed by atoms with E-state index in [9.17, 15) is 28.8 Å². The maximum absolute atomic E-state index is 13.7. The molecular formula is C48H46Cl4N8O6. The Morgan fingerprint density at radius 2 is 0.955 bits per heavy atom. The first-order valence-electron chi connectivity index (χ1n) is 20.8. The predicted molar refractivity (Wildman–Crippen MR) is 261 cm³/mol. The van der Waals surface area contributed by atoms with Crippen molar-refractivity contribution in [3.05, 3.63) is 140 Å². The van der Waals surface area contributed by atoms with E-state index in [1.807, 2.05) is 50.2 Å². The standard InChI is InChI=1S/C48H46Cl4N8O6/c1-5-31-23-37(55-47(65)42(27(3)61)59-57-40-25-33(13-15-38(40)51)45(63)53-35-11-7-9-29(21-35)17-19-49)24-32(6-2)44(31)56-48(66)43(28(4)62)60-58-41-26-34(14-16-39(41)52)46(64)54-36-12-8-10-30(22-36)18-20-50/h7-16,21-26,42-43H,5-6,17-20H2,1-4H3,(H,53,63)(H,54,64)(H,55,65)(H,56,66). The van der Waals surface area contributed by atoms with Crippen LogP contribution in [0.5, 0.6) is 0 Å². The fourth-order valence-corrected chi connectivity index (χ4v) is 7.28. The average Bonchev–Trinajstić information content (AvgIpc) is 3.28. The van der Waals surface area contributed by atoms with Crippen LogP contribution in [0.2, 0.25) is 10.0 Å². The highest BCUT2D eigenvalue weighted by Gasteiger charge is 2.27. The van der Waals surface area contributed by atoms with Crippen LogP contribution in [0.15, 0.2) is 118 Å². The van der Waals surface area contributed by atoms with Gasteiger partial charge in [-0.25, -0.2) is 0 Å². The molecule has 0 aliphatic heterocycles. The van der Waals surface area contributed by atoms with Gasteiger partial charge in [0, 0.05) is 45.6 Å². The number of amides is 4. The predicted octanol–water partition coefficient (Wildman–Crippen LogP) is 11.5. The van der Waals surface area contributed by atoms with E-state index < -0.39 is 47.3 Å². The topological polar surface area (TPSA) is 200 Å². The molecule has 0 bridgehead atoms. The first kappa shape index (κ1) is 50.7. The van der Waals surface area contributed by atoms with Crippen molar-refractivity contribution in [2.45, 2.75) is 65.5 Å². The number of hydrogen-bond donors (Lipinski definition) is 4. The zero-order valence-electron chi connectivity index (χ0n) is 36.4. The highest BCUT2D eigenvalue weighted by Crippen LogP contribution is 2.31. The maximum atomic E-state index is 13.7. The number of aryl methyl sites for hydroxylation is 4. The van der Waals surface area contributed by atoms with Crippen molar-refractivity contribution < 1.29 is 28.8 Å². The Labute approximate surface area is 402 Å². The van der Waals surface area contributed by atoms with Gasteiger partial charge in [0.1, 0.15) is 11.4 Å². The first-order valence-corrected chi connectivity index (χ1v) is 22.6. The van der Waals surface area contributed by atoms with Crippen molar-refractivity contribution in [2.24, 2.45) is 20.5 Å². The minimum atomic E-state index is -1.58. The number of azo groups is 2. The SMILES string of the molecule is CCc1cc(NC(=O)C(N=Nc2cc(C(=O)Nc3cccc(CCCl)c3)ccc2Cl)C(C)=O)cc(CC)c1NC(=O)C(N=Nc1cc(C(=O)Nc2cccc(CCCl)c2)ccc1Cl)C(C)=O. The third-order valence-electron chi connectivity index (χ3n) is 9.96. The van der Waals surface area contributed by atoms with E-state index in [0.29, 0.717) is 71.3 Å². The summed E-state index contributed by atoms with van der Waals surface area (Å²) in [5.74, 6) is -2.81. The Morgan fingerprint density at radius 3 is 1.35 bits per heavy atom. The second-order valence-corrected chi connectivity index (χ2v) is 16.4. The molecule has 0 saturated carbocycles. The van der Waals surface area contributed by atoms with Gasteiger partial charge < -0.3 is 21.3 Å². The fraction of sp³-hybridized carbons (Fsp3) is 0.250. The number of carbonyl (C=O) groups is 6. The average molecular weight is 973 g/mol. The second-order valence-electron chi connectivity index (χ2n) is 14.8. The molecule has 14 nitrogen and oxygen atoms in total. The van der Waals surface area contributed by atoms with Crippen molar-refractivity contribution in [1.29, 1.82) is 0 Å². The van der Waals surface area contributed by atoms with Gasteiger partial charge in [-0.3, -0.25) is 28.8 Å². The second kappa shape index (κ2) is 24.3. The first-order chi connectivity index (χ1) is 31.6. The summed E-state index contributed by atoms with van der Waals surface area (Å²) >= 11 is 24.5. The van der Waals surface area contributed by atoms with E-state index in [2.05, 4.69) is 41.7 Å². The third kappa shape index (κ3) is 13.8. The lowest BCUT2D eigenvalue weighted by Gasteiger charge is -2.19. The van der Waals surface area contributed by atoms with Gasteiger partial charge in [-0.15, -0.1) is 23.2 Å². The minimum absolute atomic E-state index is 0.0597. The smallest absolute Gasteiger partial charge is 0.258 e. The number of hydrogen-bond acceptors (Lipinski definition) is 10. The molecule has 18 heteroatoms. The fourth-order valence-electron chi connectivity index (χ4n) is 6.53. The van der Waals surface area contributed by atoms with Gasteiger partial charge in [0.2, 0.25) is 12.1 Å². The number of nitrogens with zero attached hydrogens (tertiary/aromatic N) is 4. The number of nitrogens with one attached hydrogen (secondary N) is 4. The van der Waals surface area contributed by atoms with Crippen LogP contribution in [0.4, 0.5) is 34.1 Å². The molecule has 0 spiro atoms. The number of carbonyl (C=O) groups excluding carboxylic acids is 6. The van der Waals surface area contributed by atoms with Crippen LogP contribution in [0.1, 0.15) is 70.7 Å². The Hall–Kier alpha value is -6.32. The van der Waals surface area contributed by atoms with Crippen molar-refractivity contribution >= 4 is 116 Å². The lowest BCUT2D eigenvalue weighted by Crippen LogP contribution is -2.33. The monoisotopic (exact) mass is 970 g/mol. The van der Waals surface area contributed by atoms with Crippen LogP contribution in [-0.2, 0) is 44.9 Å². The molecule has 2 atom stereocenters. The van der Waals surface area contributed by atoms with E-state index in [1.165, 1.54) is 50.2 Å². The summed E-state index contributed by atoms with van der Waals surface area (Å²) in [6.45, 7) is 6.06.